The number of rotatable bonds is 15. The van der Waals surface area contributed by atoms with Crippen LogP contribution in [0.4, 0.5) is 86.3 Å². The summed E-state index contributed by atoms with van der Waals surface area (Å²) >= 11 is 0. The van der Waals surface area contributed by atoms with E-state index >= 15 is 0 Å². The van der Waals surface area contributed by atoms with Gasteiger partial charge >= 0.3 is 0 Å². The van der Waals surface area contributed by atoms with E-state index in [4.69, 9.17) is 27.7 Å². The molecule has 12 aromatic heterocycles. The highest BCUT2D eigenvalue weighted by atomic mass is 19.1. The molecule has 0 saturated carbocycles. The number of hydrogen-bond donors (Lipinski definition) is 8. The first-order valence-corrected chi connectivity index (χ1v) is 41.1. The Kier molecular flexibility index (Phi) is 25.5. The summed E-state index contributed by atoms with van der Waals surface area (Å²) in [5, 5.41) is 27.5. The fourth-order valence-corrected chi connectivity index (χ4v) is 16.4. The normalized spacial score (nSPS) is 17.4. The monoisotopic (exact) mass is 1720 g/mol. The second kappa shape index (κ2) is 37.6. The van der Waals surface area contributed by atoms with Crippen LogP contribution in [0.5, 0.6) is 0 Å². The number of hydrogen-bond acceptors (Lipinski definition) is 31. The van der Waals surface area contributed by atoms with Crippen molar-refractivity contribution in [1.82, 2.24) is 108 Å². The van der Waals surface area contributed by atoms with Crippen molar-refractivity contribution in [3.63, 3.8) is 0 Å². The maximum absolute atomic E-state index is 13.5. The predicted molar refractivity (Wildman–Crippen MR) is 460 cm³/mol. The number of fused-ring (bicyclic) bond motifs is 4. The zero-order chi connectivity index (χ0) is 87.1. The lowest BCUT2D eigenvalue weighted by Crippen LogP contribution is -2.56. The number of nitrogen functional groups attached to an aromatic ring is 4. The third-order valence-corrected chi connectivity index (χ3v) is 23.5. The van der Waals surface area contributed by atoms with Gasteiger partial charge in [0.1, 0.15) is 22.3 Å². The average molecular weight is 1720 g/mol. The maximum Gasteiger partial charge on any atom is 0.263 e. The van der Waals surface area contributed by atoms with Crippen LogP contribution >= 0.6 is 0 Å². The molecule has 0 unspecified atom stereocenters. The molecule has 7 fully saturated rings. The van der Waals surface area contributed by atoms with Crippen LogP contribution in [0.2, 0.25) is 0 Å². The summed E-state index contributed by atoms with van der Waals surface area (Å²) in [5.41, 5.74) is 30.6. The molecule has 19 rings (SSSR count). The molecule has 7 aliphatic heterocycles. The first-order valence-electron chi connectivity index (χ1n) is 41.1. The van der Waals surface area contributed by atoms with Gasteiger partial charge in [-0.2, -0.15) is 0 Å². The number of carbonyl (C=O) groups is 5. The lowest BCUT2D eigenvalue weighted by atomic mass is 9.94. The third kappa shape index (κ3) is 19.1. The van der Waals surface area contributed by atoms with Crippen LogP contribution in [0.15, 0.2) is 123 Å². The Labute approximate surface area is 713 Å². The number of nitrogens with two attached hydrogens (primary N) is 4. The van der Waals surface area contributed by atoms with Crippen molar-refractivity contribution in [3.8, 4) is 0 Å². The number of likely N-dealkylation sites (N-methyl/N-ethyl adjacent to an activating group) is 3. The van der Waals surface area contributed by atoms with Crippen LogP contribution in [0.1, 0.15) is 67.1 Å². The second-order valence-electron chi connectivity index (χ2n) is 31.5. The Balaban J connectivity index is 0.000000123. The predicted octanol–water partition coefficient (Wildman–Crippen LogP) is 3.87. The molecule has 12 aromatic rings. The van der Waals surface area contributed by atoms with Gasteiger partial charge in [0.2, 0.25) is 5.91 Å². The van der Waals surface area contributed by atoms with Crippen LogP contribution < -0.4 is 63.8 Å². The van der Waals surface area contributed by atoms with E-state index in [0.29, 0.717) is 47.9 Å². The molecule has 5 amide bonds. The fourth-order valence-electron chi connectivity index (χ4n) is 16.4. The molecule has 0 atom stereocenters. The number of carbonyl (C=O) groups excluding carboxylic acids is 5. The van der Waals surface area contributed by atoms with E-state index in [-0.39, 0.29) is 79.9 Å². The van der Waals surface area contributed by atoms with Crippen LogP contribution in [0.3, 0.4) is 0 Å². The van der Waals surface area contributed by atoms with E-state index in [1.165, 1.54) is 4.52 Å². The molecular formula is C81H96F4N34O6. The molecule has 654 valence electrons. The van der Waals surface area contributed by atoms with E-state index in [2.05, 4.69) is 147 Å². The Bertz CT molecular complexity index is 5900. The summed E-state index contributed by atoms with van der Waals surface area (Å²) in [6, 6.07) is 8.22. The van der Waals surface area contributed by atoms with Gasteiger partial charge in [-0.1, -0.05) is 0 Å². The number of anilines is 12. The fraction of sp³-hybridized carbons (Fsp3) is 0.395. The number of piperidine rings is 2. The number of halogens is 4. The van der Waals surface area contributed by atoms with Crippen molar-refractivity contribution in [2.45, 2.75) is 37.8 Å². The van der Waals surface area contributed by atoms with Crippen molar-refractivity contribution >= 4 is 121 Å². The highest BCUT2D eigenvalue weighted by Gasteiger charge is 2.35. The minimum absolute atomic E-state index is 0.00872. The number of aromatic nitrogens is 16. The molecule has 0 spiro atoms. The number of pyridine rings is 4. The number of nitrogens with one attached hydrogen (secondary N) is 4. The zero-order valence-electron chi connectivity index (χ0n) is 69.1. The summed E-state index contributed by atoms with van der Waals surface area (Å²) in [4.78, 5) is 120. The van der Waals surface area contributed by atoms with E-state index in [9.17, 15) is 41.5 Å². The zero-order valence-corrected chi connectivity index (χ0v) is 69.1. The minimum atomic E-state index is -0.585. The van der Waals surface area contributed by atoms with Crippen LogP contribution in [-0.2, 0) is 9.53 Å². The van der Waals surface area contributed by atoms with Crippen molar-refractivity contribution < 1.29 is 46.3 Å². The lowest BCUT2D eigenvalue weighted by molar-refractivity contribution is -0.137. The topological polar surface area (TPSA) is 451 Å². The molecule has 125 heavy (non-hydrogen) atoms. The molecule has 7 saturated heterocycles. The Morgan fingerprint density at radius 1 is 0.352 bits per heavy atom. The van der Waals surface area contributed by atoms with Gasteiger partial charge < -0.3 is 88.1 Å². The molecule has 19 heterocycles. The summed E-state index contributed by atoms with van der Waals surface area (Å²) in [5.74, 6) is -3.98. The standard InChI is InChI=1S/C23H28FN9O2.C22H28FN9O.C19H21FN8O2.C17H19FN8O/c1-30-8-10-32(11-9-30)23(35)15-3-6-31(7-4-15)18-13-26-5-2-17(18)28-22(34)19-20(25)29-33-14-16(24)12-27-21(19)33;1-29-8-10-30(11-9-29)16-3-6-31(7-4-16)18-2-5-25-13-17(18)27-22(33)19-20(24)28-32-14-15(23)12-26-21(19)32;20-12-7-23-18-16(17(21)25-28(18)9-12)19(29)24-14-1-2-22-8-15(14)27-5-3-26(4-6-27)13-10-30-11-13;1-24-4-6-25(7-5-24)13-9-20-3-2-12(13)22-17(27)14-15(19)23-26-10-11(18)8-21-16(14)26/h2,5,12-15H,3-4,6-11H2,1H3,(H2,25,29)(H,26,28,34);2,5,12-14,16H,3-4,6-11H2,1H3,(H2,24,28)(H,27,33);1-2,7-9,13H,3-6,10-11H2,(H2,21,25)(H,22,24,29);2-3,8-10H,4-7H2,1H3,(H2,19,23)(H,20,22,27). The molecule has 7 aliphatic rings. The highest BCUT2D eigenvalue weighted by Crippen LogP contribution is 2.36. The molecule has 0 aromatic carbocycles. The molecule has 44 heteroatoms. The third-order valence-electron chi connectivity index (χ3n) is 23.5. The van der Waals surface area contributed by atoms with Crippen molar-refractivity contribution in [1.29, 1.82) is 0 Å². The van der Waals surface area contributed by atoms with Gasteiger partial charge in [-0.3, -0.25) is 53.7 Å². The highest BCUT2D eigenvalue weighted by molar-refractivity contribution is 6.15. The van der Waals surface area contributed by atoms with E-state index in [0.717, 1.165) is 243 Å². The summed E-state index contributed by atoms with van der Waals surface area (Å²) in [6.45, 7) is 19.7. The number of nitrogens with zero attached hydrogens (tertiary/aromatic N) is 26. The molecule has 0 radical (unpaired) electrons. The Morgan fingerprint density at radius 2 is 0.656 bits per heavy atom. The molecule has 12 N–H and O–H groups in total. The van der Waals surface area contributed by atoms with Gasteiger partial charge in [0.05, 0.1) is 139 Å². The molecular weight excluding hydrogens is 1620 g/mol. The second-order valence-corrected chi connectivity index (χ2v) is 31.5. The van der Waals surface area contributed by atoms with Crippen molar-refractivity contribution in [2.24, 2.45) is 5.92 Å². The SMILES string of the molecule is CN1CCN(C(=O)C2CCN(c3cnccc3NC(=O)c3c(N)nn4cc(F)cnc34)CC2)CC1.CN1CCN(C2CCN(c3ccncc3NC(=O)c3c(N)nn4cc(F)cnc34)CC2)CC1.CN1CCN(c2cnccc2NC(=O)c2c(N)nn3cc(F)cnc23)CC1.Nc1nn2cc(F)cnc2c1C(=O)Nc1ccncc1N1CCN(C2COC2)CC1. The summed E-state index contributed by atoms with van der Waals surface area (Å²) in [7, 11) is 6.33. The Hall–Kier alpha value is -13.7. The number of amides is 5. The number of piperazine rings is 4. The van der Waals surface area contributed by atoms with Gasteiger partial charge in [-0.05, 0) is 71.1 Å². The van der Waals surface area contributed by atoms with Gasteiger partial charge in [0.25, 0.3) is 23.6 Å². The van der Waals surface area contributed by atoms with Crippen LogP contribution in [0, 0.1) is 29.2 Å². The molecule has 40 nitrogen and oxygen atoms in total. The number of ether oxygens (including phenoxy) is 1. The van der Waals surface area contributed by atoms with Crippen LogP contribution in [-0.4, -0.2) is 315 Å². The Morgan fingerprint density at radius 3 is 1.03 bits per heavy atom. The van der Waals surface area contributed by atoms with Gasteiger partial charge in [-0.15, -0.1) is 20.4 Å². The van der Waals surface area contributed by atoms with Gasteiger partial charge in [0, 0.05) is 168 Å². The van der Waals surface area contributed by atoms with Crippen molar-refractivity contribution in [2.75, 3.05) is 229 Å². The molecule has 0 bridgehead atoms. The van der Waals surface area contributed by atoms with Gasteiger partial charge in [0.15, 0.2) is 69.1 Å². The van der Waals surface area contributed by atoms with Crippen molar-refractivity contribution in [3.05, 3.63) is 169 Å². The minimum Gasteiger partial charge on any atom is -0.381 e. The van der Waals surface area contributed by atoms with E-state index in [1.54, 1.807) is 67.8 Å². The average Bonchev–Trinajstić information content (AvgIpc) is 1.66. The quantitative estimate of drug-likeness (QED) is 0.0675. The van der Waals surface area contributed by atoms with E-state index in [1.807, 2.05) is 11.0 Å². The smallest absolute Gasteiger partial charge is 0.263 e. The van der Waals surface area contributed by atoms with E-state index < -0.39 is 46.9 Å². The largest absolute Gasteiger partial charge is 0.381 e. The first-order chi connectivity index (χ1) is 60.5. The first kappa shape index (κ1) is 84.9. The lowest BCUT2D eigenvalue weighted by Gasteiger charge is -2.43. The summed E-state index contributed by atoms with van der Waals surface area (Å²) in [6.07, 6.45) is 25.6. The maximum atomic E-state index is 13.5. The summed E-state index contributed by atoms with van der Waals surface area (Å²) < 4.78 is 63.6. The van der Waals surface area contributed by atoms with Crippen LogP contribution in [0.25, 0.3) is 22.6 Å². The van der Waals surface area contributed by atoms with Gasteiger partial charge in [-0.25, -0.2) is 55.6 Å². The molecule has 0 aliphatic carbocycles.